The maximum absolute atomic E-state index is 6.42. The quantitative estimate of drug-likeness (QED) is 0.877. The fourth-order valence-corrected chi connectivity index (χ4v) is 3.22. The fourth-order valence-electron chi connectivity index (χ4n) is 2.95. The van der Waals surface area contributed by atoms with Crippen LogP contribution in [0.5, 0.6) is 11.5 Å². The molecule has 1 aliphatic heterocycles. The molecule has 3 rings (SSSR count). The monoisotopic (exact) mass is 335 g/mol. The van der Waals surface area contributed by atoms with Gasteiger partial charge in [0.05, 0.1) is 18.2 Å². The second-order valence-electron chi connectivity index (χ2n) is 5.46. The summed E-state index contributed by atoms with van der Waals surface area (Å²) < 4.78 is 13.6. The van der Waals surface area contributed by atoms with Gasteiger partial charge in [0, 0.05) is 30.5 Å². The third kappa shape index (κ3) is 3.31. The van der Waals surface area contributed by atoms with Crippen LogP contribution < -0.4 is 14.8 Å². The molecule has 1 aromatic carbocycles. The zero-order valence-corrected chi connectivity index (χ0v) is 14.3. The molecule has 124 valence electrons. The summed E-state index contributed by atoms with van der Waals surface area (Å²) >= 11 is 6.42. The first-order valence-electron chi connectivity index (χ1n) is 8.07. The molecule has 1 saturated heterocycles. The van der Waals surface area contributed by atoms with Gasteiger partial charge in [-0.2, -0.15) is 0 Å². The number of nitrogens with zero attached hydrogens (tertiary/aromatic N) is 2. The minimum Gasteiger partial charge on any atom is -0.490 e. The van der Waals surface area contributed by atoms with Gasteiger partial charge < -0.3 is 19.4 Å². The molecule has 1 atom stereocenters. The lowest BCUT2D eigenvalue weighted by atomic mass is 10.1. The molecule has 1 aromatic heterocycles. The first-order valence-corrected chi connectivity index (χ1v) is 8.45. The lowest BCUT2D eigenvalue weighted by Gasteiger charge is -2.17. The Balaban J connectivity index is 2.01. The molecule has 1 N–H and O–H groups in total. The maximum atomic E-state index is 6.42. The molecule has 5 nitrogen and oxygen atoms in total. The lowest BCUT2D eigenvalue weighted by Crippen LogP contribution is -2.13. The van der Waals surface area contributed by atoms with E-state index in [1.54, 1.807) is 0 Å². The van der Waals surface area contributed by atoms with E-state index in [0.29, 0.717) is 35.8 Å². The Hall–Kier alpha value is -1.72. The molecule has 0 unspecified atom stereocenters. The van der Waals surface area contributed by atoms with Crippen molar-refractivity contribution >= 4 is 11.6 Å². The molecule has 6 heteroatoms. The van der Waals surface area contributed by atoms with Crippen LogP contribution in [0.2, 0.25) is 5.02 Å². The van der Waals surface area contributed by atoms with Crippen molar-refractivity contribution in [2.24, 2.45) is 0 Å². The van der Waals surface area contributed by atoms with Crippen molar-refractivity contribution in [3.05, 3.63) is 29.5 Å². The largest absolute Gasteiger partial charge is 0.490 e. The fraction of sp³-hybridized carbons (Fsp3) is 0.471. The summed E-state index contributed by atoms with van der Waals surface area (Å²) in [6, 6.07) is 4.28. The third-order valence-corrected chi connectivity index (χ3v) is 4.23. The van der Waals surface area contributed by atoms with Gasteiger partial charge in [-0.05, 0) is 38.9 Å². The molecule has 0 bridgehead atoms. The van der Waals surface area contributed by atoms with Crippen LogP contribution in [-0.2, 0) is 0 Å². The predicted molar refractivity (Wildman–Crippen MR) is 91.5 cm³/mol. The van der Waals surface area contributed by atoms with Crippen molar-refractivity contribution < 1.29 is 9.47 Å². The summed E-state index contributed by atoms with van der Waals surface area (Å²) in [4.78, 5) is 4.53. The number of benzene rings is 1. The van der Waals surface area contributed by atoms with Crippen molar-refractivity contribution in [1.29, 1.82) is 0 Å². The second kappa shape index (κ2) is 7.23. The van der Waals surface area contributed by atoms with E-state index >= 15 is 0 Å². The van der Waals surface area contributed by atoms with Gasteiger partial charge in [-0.15, -0.1) is 0 Å². The minimum atomic E-state index is 0.424. The molecule has 0 saturated carbocycles. The van der Waals surface area contributed by atoms with E-state index in [0.717, 1.165) is 30.9 Å². The van der Waals surface area contributed by atoms with Gasteiger partial charge in [0.25, 0.3) is 0 Å². The zero-order valence-electron chi connectivity index (χ0n) is 13.5. The van der Waals surface area contributed by atoms with Crippen LogP contribution >= 0.6 is 11.6 Å². The minimum absolute atomic E-state index is 0.424. The van der Waals surface area contributed by atoms with Crippen LogP contribution in [0.4, 0.5) is 0 Å². The Bertz CT molecular complexity index is 666. The highest BCUT2D eigenvalue weighted by atomic mass is 35.5. The van der Waals surface area contributed by atoms with Crippen LogP contribution in [0.3, 0.4) is 0 Å². The average Bonchev–Trinajstić information content (AvgIpc) is 3.20. The van der Waals surface area contributed by atoms with E-state index in [-0.39, 0.29) is 0 Å². The van der Waals surface area contributed by atoms with Crippen molar-refractivity contribution in [2.75, 3.05) is 26.3 Å². The first-order chi connectivity index (χ1) is 11.2. The Morgan fingerprint density at radius 3 is 2.83 bits per heavy atom. The lowest BCUT2D eigenvalue weighted by molar-refractivity contribution is 0.288. The maximum Gasteiger partial charge on any atom is 0.179 e. The summed E-state index contributed by atoms with van der Waals surface area (Å²) in [6.45, 7) is 6.98. The first kappa shape index (κ1) is 16.1. The van der Waals surface area contributed by atoms with E-state index < -0.39 is 0 Å². The number of hydrogen-bond donors (Lipinski definition) is 1. The van der Waals surface area contributed by atoms with E-state index in [2.05, 4.69) is 14.9 Å². The van der Waals surface area contributed by atoms with Gasteiger partial charge in [0.1, 0.15) is 5.82 Å². The summed E-state index contributed by atoms with van der Waals surface area (Å²) in [5.41, 5.74) is 0.943. The van der Waals surface area contributed by atoms with Gasteiger partial charge in [-0.1, -0.05) is 11.6 Å². The molecular formula is C17H22ClN3O2. The number of nitrogens with one attached hydrogen (secondary N) is 1. The molecular weight excluding hydrogens is 314 g/mol. The van der Waals surface area contributed by atoms with Crippen LogP contribution in [0.25, 0.3) is 11.4 Å². The number of rotatable bonds is 6. The Kier molecular flexibility index (Phi) is 5.08. The van der Waals surface area contributed by atoms with Crippen LogP contribution in [0, 0.1) is 0 Å². The van der Waals surface area contributed by atoms with E-state index in [4.69, 9.17) is 21.1 Å². The summed E-state index contributed by atoms with van der Waals surface area (Å²) in [7, 11) is 0. The normalized spacial score (nSPS) is 17.4. The van der Waals surface area contributed by atoms with Crippen molar-refractivity contribution in [3.63, 3.8) is 0 Å². The Morgan fingerprint density at radius 1 is 1.30 bits per heavy atom. The average molecular weight is 336 g/mol. The zero-order chi connectivity index (χ0) is 16.2. The van der Waals surface area contributed by atoms with Crippen LogP contribution in [0.1, 0.15) is 26.3 Å². The molecule has 1 fully saturated rings. The van der Waals surface area contributed by atoms with E-state index in [1.807, 2.05) is 38.4 Å². The standard InChI is InChI=1S/C17H22ClN3O2/c1-3-22-15-10-12(9-14(18)16(15)23-4-2)17-20-7-8-21(17)13-5-6-19-11-13/h7-10,13,19H,3-6,11H2,1-2H3/t13-/m1/s1. The second-order valence-corrected chi connectivity index (χ2v) is 5.86. The SMILES string of the molecule is CCOc1cc(-c2nccn2[C@@H]2CCNC2)cc(Cl)c1OCC. The predicted octanol–water partition coefficient (Wildman–Crippen LogP) is 3.54. The van der Waals surface area contributed by atoms with Gasteiger partial charge in [0.15, 0.2) is 11.5 Å². The number of ether oxygens (including phenoxy) is 2. The van der Waals surface area contributed by atoms with Gasteiger partial charge in [0.2, 0.25) is 0 Å². The van der Waals surface area contributed by atoms with Crippen LogP contribution in [-0.4, -0.2) is 35.9 Å². The highest BCUT2D eigenvalue weighted by Crippen LogP contribution is 2.40. The molecule has 2 aromatic rings. The number of imidazole rings is 1. The van der Waals surface area contributed by atoms with Crippen LogP contribution in [0.15, 0.2) is 24.5 Å². The van der Waals surface area contributed by atoms with Crippen molar-refractivity contribution in [3.8, 4) is 22.9 Å². The molecule has 0 radical (unpaired) electrons. The highest BCUT2D eigenvalue weighted by molar-refractivity contribution is 6.32. The number of aromatic nitrogens is 2. The van der Waals surface area contributed by atoms with Gasteiger partial charge >= 0.3 is 0 Å². The topological polar surface area (TPSA) is 48.3 Å². The van der Waals surface area contributed by atoms with Crippen molar-refractivity contribution in [1.82, 2.24) is 14.9 Å². The molecule has 23 heavy (non-hydrogen) atoms. The third-order valence-electron chi connectivity index (χ3n) is 3.95. The Morgan fingerprint density at radius 2 is 2.13 bits per heavy atom. The number of halogens is 1. The molecule has 2 heterocycles. The van der Waals surface area contributed by atoms with Crippen molar-refractivity contribution in [2.45, 2.75) is 26.3 Å². The molecule has 1 aliphatic rings. The molecule has 0 amide bonds. The van der Waals surface area contributed by atoms with Gasteiger partial charge in [-0.25, -0.2) is 4.98 Å². The van der Waals surface area contributed by atoms with E-state index in [1.165, 1.54) is 0 Å². The summed E-state index contributed by atoms with van der Waals surface area (Å²) in [5.74, 6) is 2.17. The molecule has 0 spiro atoms. The summed E-state index contributed by atoms with van der Waals surface area (Å²) in [5, 5.41) is 3.94. The Labute approximate surface area is 141 Å². The summed E-state index contributed by atoms with van der Waals surface area (Å²) in [6.07, 6.45) is 4.96. The molecule has 0 aliphatic carbocycles. The highest BCUT2D eigenvalue weighted by Gasteiger charge is 2.21. The number of hydrogen-bond acceptors (Lipinski definition) is 4. The van der Waals surface area contributed by atoms with Gasteiger partial charge in [-0.3, -0.25) is 0 Å². The smallest absolute Gasteiger partial charge is 0.179 e. The van der Waals surface area contributed by atoms with E-state index in [9.17, 15) is 0 Å².